The Balaban J connectivity index is 2.41. The first-order chi connectivity index (χ1) is 5.09. The molecule has 0 radical (unpaired) electrons. The van der Waals surface area contributed by atoms with Crippen LogP contribution in [0.4, 0.5) is 0 Å². The molecular weight excluding hydrogens is 144 g/mol. The number of Topliss-reactive ketones (excluding diaryl/α,β-unsaturated/α-hetero) is 1. The van der Waals surface area contributed by atoms with Crippen LogP contribution < -0.4 is 0 Å². The number of hydrogen-bond acceptors (Lipinski definition) is 3. The molecule has 1 saturated carbocycles. The Hall–Kier alpha value is -0.860. The van der Waals surface area contributed by atoms with Crippen LogP contribution in [0.1, 0.15) is 26.7 Å². The van der Waals surface area contributed by atoms with Gasteiger partial charge in [0.2, 0.25) is 0 Å². The van der Waals surface area contributed by atoms with E-state index >= 15 is 0 Å². The smallest absolute Gasteiger partial charge is 0.302 e. The van der Waals surface area contributed by atoms with Crippen LogP contribution in [0.25, 0.3) is 0 Å². The standard InChI is InChI=1S/C8H12O3/c1-5-3-7(4-8(5)10)11-6(2)9/h5,7H,3-4H2,1-2H3. The van der Waals surface area contributed by atoms with Crippen molar-refractivity contribution in [1.82, 2.24) is 0 Å². The highest BCUT2D eigenvalue weighted by Crippen LogP contribution is 2.23. The number of esters is 1. The molecule has 0 bridgehead atoms. The van der Waals surface area contributed by atoms with E-state index in [4.69, 9.17) is 4.74 Å². The van der Waals surface area contributed by atoms with Gasteiger partial charge in [0.15, 0.2) is 0 Å². The molecule has 0 heterocycles. The molecule has 2 atom stereocenters. The lowest BCUT2D eigenvalue weighted by atomic mass is 10.1. The van der Waals surface area contributed by atoms with Gasteiger partial charge >= 0.3 is 5.97 Å². The van der Waals surface area contributed by atoms with Gasteiger partial charge in [-0.15, -0.1) is 0 Å². The first-order valence-electron chi connectivity index (χ1n) is 3.79. The Morgan fingerprint density at radius 1 is 1.64 bits per heavy atom. The SMILES string of the molecule is CC(=O)OC1CC(=O)C(C)C1. The summed E-state index contributed by atoms with van der Waals surface area (Å²) in [6.45, 7) is 3.24. The molecule has 0 saturated heterocycles. The quantitative estimate of drug-likeness (QED) is 0.530. The number of carbonyl (C=O) groups is 2. The molecule has 1 aliphatic carbocycles. The van der Waals surface area contributed by atoms with Gasteiger partial charge in [-0.3, -0.25) is 9.59 Å². The van der Waals surface area contributed by atoms with Crippen molar-refractivity contribution in [3.05, 3.63) is 0 Å². The second-order valence-electron chi connectivity index (χ2n) is 3.04. The Morgan fingerprint density at radius 2 is 2.27 bits per heavy atom. The lowest BCUT2D eigenvalue weighted by Gasteiger charge is -2.07. The maximum atomic E-state index is 11.0. The molecule has 0 spiro atoms. The Kier molecular flexibility index (Phi) is 2.27. The summed E-state index contributed by atoms with van der Waals surface area (Å²) in [5.41, 5.74) is 0. The number of ketones is 1. The van der Waals surface area contributed by atoms with E-state index in [0.29, 0.717) is 12.8 Å². The van der Waals surface area contributed by atoms with Crippen molar-refractivity contribution in [2.75, 3.05) is 0 Å². The summed E-state index contributed by atoms with van der Waals surface area (Å²) in [5, 5.41) is 0. The normalized spacial score (nSPS) is 30.5. The summed E-state index contributed by atoms with van der Waals surface area (Å²) < 4.78 is 4.89. The average Bonchev–Trinajstić information content (AvgIpc) is 2.10. The molecule has 0 aromatic carbocycles. The van der Waals surface area contributed by atoms with E-state index in [1.807, 2.05) is 6.92 Å². The molecule has 1 rings (SSSR count). The minimum Gasteiger partial charge on any atom is -0.462 e. The summed E-state index contributed by atoms with van der Waals surface area (Å²) in [4.78, 5) is 21.5. The number of hydrogen-bond donors (Lipinski definition) is 0. The number of rotatable bonds is 1. The third kappa shape index (κ3) is 2.03. The van der Waals surface area contributed by atoms with Crippen LogP contribution >= 0.6 is 0 Å². The predicted octanol–water partition coefficient (Wildman–Crippen LogP) is 0.917. The molecule has 0 N–H and O–H groups in total. The first kappa shape index (κ1) is 8.24. The van der Waals surface area contributed by atoms with E-state index in [1.54, 1.807) is 0 Å². The van der Waals surface area contributed by atoms with Crippen LogP contribution in [0.5, 0.6) is 0 Å². The molecule has 1 fully saturated rings. The molecule has 0 aromatic rings. The van der Waals surface area contributed by atoms with Crippen LogP contribution in [-0.2, 0) is 14.3 Å². The van der Waals surface area contributed by atoms with E-state index < -0.39 is 0 Å². The summed E-state index contributed by atoms with van der Waals surface area (Å²) in [7, 11) is 0. The van der Waals surface area contributed by atoms with Gasteiger partial charge in [0.25, 0.3) is 0 Å². The molecule has 0 amide bonds. The van der Waals surface area contributed by atoms with Crippen molar-refractivity contribution >= 4 is 11.8 Å². The first-order valence-corrected chi connectivity index (χ1v) is 3.79. The maximum Gasteiger partial charge on any atom is 0.302 e. The van der Waals surface area contributed by atoms with Gasteiger partial charge in [-0.1, -0.05) is 6.92 Å². The third-order valence-electron chi connectivity index (χ3n) is 1.93. The predicted molar refractivity (Wildman–Crippen MR) is 39.0 cm³/mol. The minimum atomic E-state index is -0.295. The zero-order valence-electron chi connectivity index (χ0n) is 6.79. The highest BCUT2D eigenvalue weighted by Gasteiger charge is 2.30. The van der Waals surface area contributed by atoms with Crippen molar-refractivity contribution < 1.29 is 14.3 Å². The maximum absolute atomic E-state index is 11.0. The van der Waals surface area contributed by atoms with Crippen molar-refractivity contribution in [3.63, 3.8) is 0 Å². The van der Waals surface area contributed by atoms with Crippen LogP contribution in [0.15, 0.2) is 0 Å². The lowest BCUT2D eigenvalue weighted by molar-refractivity contribution is -0.146. The summed E-state index contributed by atoms with van der Waals surface area (Å²) in [5.74, 6) is -0.0208. The van der Waals surface area contributed by atoms with Gasteiger partial charge in [0.05, 0.1) is 0 Å². The fourth-order valence-corrected chi connectivity index (χ4v) is 1.36. The largest absolute Gasteiger partial charge is 0.462 e. The van der Waals surface area contributed by atoms with E-state index in [0.717, 1.165) is 0 Å². The van der Waals surface area contributed by atoms with Gasteiger partial charge in [-0.25, -0.2) is 0 Å². The molecule has 3 heteroatoms. The summed E-state index contributed by atoms with van der Waals surface area (Å²) in [6.07, 6.45) is 0.939. The van der Waals surface area contributed by atoms with Crippen LogP contribution in [-0.4, -0.2) is 17.9 Å². The summed E-state index contributed by atoms with van der Waals surface area (Å²) in [6, 6.07) is 0. The van der Waals surface area contributed by atoms with Gasteiger partial charge < -0.3 is 4.74 Å². The molecular formula is C8H12O3. The Morgan fingerprint density at radius 3 is 2.64 bits per heavy atom. The zero-order chi connectivity index (χ0) is 8.43. The molecule has 0 aromatic heterocycles. The molecule has 0 aliphatic heterocycles. The number of carbonyl (C=O) groups excluding carboxylic acids is 2. The lowest BCUT2D eigenvalue weighted by Crippen LogP contribution is -2.12. The van der Waals surface area contributed by atoms with E-state index in [-0.39, 0.29) is 23.8 Å². The second kappa shape index (κ2) is 3.03. The Labute approximate surface area is 65.7 Å². The monoisotopic (exact) mass is 156 g/mol. The van der Waals surface area contributed by atoms with Crippen molar-refractivity contribution in [1.29, 1.82) is 0 Å². The van der Waals surface area contributed by atoms with Crippen molar-refractivity contribution in [2.24, 2.45) is 5.92 Å². The van der Waals surface area contributed by atoms with Gasteiger partial charge in [0.1, 0.15) is 11.9 Å². The Bertz CT molecular complexity index is 184. The van der Waals surface area contributed by atoms with Crippen LogP contribution in [0.3, 0.4) is 0 Å². The molecule has 3 nitrogen and oxygen atoms in total. The van der Waals surface area contributed by atoms with E-state index in [2.05, 4.69) is 0 Å². The number of ether oxygens (including phenoxy) is 1. The van der Waals surface area contributed by atoms with Crippen LogP contribution in [0, 0.1) is 5.92 Å². The van der Waals surface area contributed by atoms with Gasteiger partial charge in [-0.05, 0) is 6.42 Å². The molecule has 1 aliphatic rings. The fourth-order valence-electron chi connectivity index (χ4n) is 1.36. The van der Waals surface area contributed by atoms with Crippen LogP contribution in [0.2, 0.25) is 0 Å². The van der Waals surface area contributed by atoms with E-state index in [1.165, 1.54) is 6.92 Å². The van der Waals surface area contributed by atoms with Gasteiger partial charge in [-0.2, -0.15) is 0 Å². The minimum absolute atomic E-state index is 0.0688. The summed E-state index contributed by atoms with van der Waals surface area (Å²) >= 11 is 0. The van der Waals surface area contributed by atoms with Crippen molar-refractivity contribution in [3.8, 4) is 0 Å². The molecule has 2 unspecified atom stereocenters. The van der Waals surface area contributed by atoms with E-state index in [9.17, 15) is 9.59 Å². The highest BCUT2D eigenvalue weighted by atomic mass is 16.5. The zero-order valence-corrected chi connectivity index (χ0v) is 6.79. The van der Waals surface area contributed by atoms with Crippen molar-refractivity contribution in [2.45, 2.75) is 32.8 Å². The highest BCUT2D eigenvalue weighted by molar-refractivity contribution is 5.83. The average molecular weight is 156 g/mol. The van der Waals surface area contributed by atoms with Gasteiger partial charge in [0, 0.05) is 19.3 Å². The fraction of sp³-hybridized carbons (Fsp3) is 0.750. The second-order valence-corrected chi connectivity index (χ2v) is 3.04. The third-order valence-corrected chi connectivity index (χ3v) is 1.93. The molecule has 62 valence electrons. The topological polar surface area (TPSA) is 43.4 Å². The molecule has 11 heavy (non-hydrogen) atoms.